The maximum atomic E-state index is 12.8. The van der Waals surface area contributed by atoms with Crippen molar-refractivity contribution in [3.8, 4) is 5.75 Å². The van der Waals surface area contributed by atoms with Gasteiger partial charge in [-0.2, -0.15) is 11.3 Å². The third kappa shape index (κ3) is 3.51. The van der Waals surface area contributed by atoms with Gasteiger partial charge in [-0.3, -0.25) is 0 Å². The minimum atomic E-state index is -0.380. The van der Waals surface area contributed by atoms with Crippen molar-refractivity contribution in [3.05, 3.63) is 72.6 Å². The van der Waals surface area contributed by atoms with E-state index in [2.05, 4.69) is 23.8 Å². The summed E-state index contributed by atoms with van der Waals surface area (Å²) in [6.07, 6.45) is 3.87. The number of rotatable bonds is 7. The van der Waals surface area contributed by atoms with Gasteiger partial charge in [-0.25, -0.2) is 4.79 Å². The second-order valence-electron chi connectivity index (χ2n) is 7.01. The van der Waals surface area contributed by atoms with Gasteiger partial charge in [0.15, 0.2) is 0 Å². The third-order valence-corrected chi connectivity index (χ3v) is 6.88. The van der Waals surface area contributed by atoms with E-state index in [1.165, 1.54) is 5.56 Å². The van der Waals surface area contributed by atoms with Crippen molar-refractivity contribution < 1.29 is 9.52 Å². The molecular formula is C21H22O3S2. The van der Waals surface area contributed by atoms with E-state index in [0.29, 0.717) is 17.2 Å². The summed E-state index contributed by atoms with van der Waals surface area (Å²) in [5, 5.41) is 16.9. The first kappa shape index (κ1) is 17.6. The Morgan fingerprint density at radius 1 is 1.31 bits per heavy atom. The molecule has 0 aromatic carbocycles. The molecule has 4 rings (SSSR count). The first-order valence-corrected chi connectivity index (χ1v) is 10.9. The van der Waals surface area contributed by atoms with Crippen LogP contribution in [0.15, 0.2) is 49.6 Å². The summed E-state index contributed by atoms with van der Waals surface area (Å²) < 4.78 is 5.74. The lowest BCUT2D eigenvalue weighted by Crippen LogP contribution is -2.17. The lowest BCUT2D eigenvalue weighted by Gasteiger charge is -2.18. The second-order valence-corrected chi connectivity index (χ2v) is 8.77. The number of hydrogen-bond donors (Lipinski definition) is 1. The Kier molecular flexibility index (Phi) is 5.00. The Labute approximate surface area is 161 Å². The standard InChI is InChI=1S/C21H22O3S2/c1-2-14(10-13-7-9-25-12-13)17-11-16(22)20(21(23)24-17)19(15-5-6-15)18-4-3-8-26-18/h3-4,7-9,11-12,14-15,19,22H,2,5-6,10H2,1H3. The topological polar surface area (TPSA) is 50.4 Å². The highest BCUT2D eigenvalue weighted by atomic mass is 32.1. The largest absolute Gasteiger partial charge is 0.507 e. The first-order chi connectivity index (χ1) is 12.7. The van der Waals surface area contributed by atoms with Gasteiger partial charge < -0.3 is 9.52 Å². The molecule has 2 atom stereocenters. The van der Waals surface area contributed by atoms with Crippen LogP contribution in [0.2, 0.25) is 0 Å². The van der Waals surface area contributed by atoms with Crippen LogP contribution in [0.5, 0.6) is 5.75 Å². The normalized spacial score (nSPS) is 16.5. The quantitative estimate of drug-likeness (QED) is 0.563. The summed E-state index contributed by atoms with van der Waals surface area (Å²) in [6, 6.07) is 7.82. The van der Waals surface area contributed by atoms with Gasteiger partial charge in [0.05, 0.1) is 5.56 Å². The zero-order valence-corrected chi connectivity index (χ0v) is 16.3. The van der Waals surface area contributed by atoms with Gasteiger partial charge in [-0.1, -0.05) is 13.0 Å². The molecule has 1 fully saturated rings. The molecule has 0 saturated heterocycles. The summed E-state index contributed by atoms with van der Waals surface area (Å²) in [7, 11) is 0. The molecule has 3 aromatic heterocycles. The van der Waals surface area contributed by atoms with E-state index in [0.717, 1.165) is 30.6 Å². The van der Waals surface area contributed by atoms with E-state index in [-0.39, 0.29) is 23.2 Å². The van der Waals surface area contributed by atoms with Crippen molar-refractivity contribution in [3.63, 3.8) is 0 Å². The van der Waals surface area contributed by atoms with Crippen LogP contribution >= 0.6 is 22.7 Å². The van der Waals surface area contributed by atoms with Crippen LogP contribution in [0, 0.1) is 5.92 Å². The molecule has 0 aliphatic heterocycles. The molecule has 1 saturated carbocycles. The summed E-state index contributed by atoms with van der Waals surface area (Å²) in [5.41, 5.74) is 1.29. The Morgan fingerprint density at radius 3 is 2.73 bits per heavy atom. The van der Waals surface area contributed by atoms with E-state index >= 15 is 0 Å². The highest BCUT2D eigenvalue weighted by molar-refractivity contribution is 7.10. The van der Waals surface area contributed by atoms with Gasteiger partial charge in [-0.05, 0) is 65.4 Å². The van der Waals surface area contributed by atoms with Gasteiger partial charge in [-0.15, -0.1) is 11.3 Å². The number of hydrogen-bond acceptors (Lipinski definition) is 5. The van der Waals surface area contributed by atoms with E-state index in [1.54, 1.807) is 28.7 Å². The molecule has 1 aliphatic carbocycles. The third-order valence-electron chi connectivity index (χ3n) is 5.20. The zero-order valence-electron chi connectivity index (χ0n) is 14.7. The van der Waals surface area contributed by atoms with Crippen LogP contribution < -0.4 is 5.63 Å². The highest BCUT2D eigenvalue weighted by Crippen LogP contribution is 2.49. The molecule has 5 heteroatoms. The summed E-state index contributed by atoms with van der Waals surface area (Å²) in [4.78, 5) is 14.0. The van der Waals surface area contributed by atoms with Crippen molar-refractivity contribution >= 4 is 22.7 Å². The molecule has 3 aromatic rings. The second kappa shape index (κ2) is 7.41. The van der Waals surface area contributed by atoms with Crippen LogP contribution in [-0.2, 0) is 6.42 Å². The molecule has 1 aliphatic rings. The summed E-state index contributed by atoms with van der Waals surface area (Å²) in [5.74, 6) is 1.16. The van der Waals surface area contributed by atoms with Gasteiger partial charge >= 0.3 is 5.63 Å². The molecule has 136 valence electrons. The molecule has 3 nitrogen and oxygen atoms in total. The first-order valence-electron chi connectivity index (χ1n) is 9.08. The van der Waals surface area contributed by atoms with Crippen LogP contribution in [0.4, 0.5) is 0 Å². The van der Waals surface area contributed by atoms with Gasteiger partial charge in [0.2, 0.25) is 0 Å². The minimum Gasteiger partial charge on any atom is -0.507 e. The average Bonchev–Trinajstić information content (AvgIpc) is 3.09. The predicted octanol–water partition coefficient (Wildman–Crippen LogP) is 5.75. The molecular weight excluding hydrogens is 364 g/mol. The summed E-state index contributed by atoms with van der Waals surface area (Å²) >= 11 is 3.31. The van der Waals surface area contributed by atoms with E-state index in [4.69, 9.17) is 4.42 Å². The van der Waals surface area contributed by atoms with Crippen LogP contribution in [-0.4, -0.2) is 5.11 Å². The molecule has 0 amide bonds. The SMILES string of the molecule is CCC(Cc1ccsc1)c1cc(O)c(C(c2cccs2)C2CC2)c(=O)o1. The van der Waals surface area contributed by atoms with Gasteiger partial charge in [0.25, 0.3) is 0 Å². The molecule has 1 N–H and O–H groups in total. The van der Waals surface area contributed by atoms with Crippen LogP contribution in [0.25, 0.3) is 0 Å². The molecule has 0 spiro atoms. The number of aromatic hydroxyl groups is 1. The van der Waals surface area contributed by atoms with Crippen molar-refractivity contribution in [2.45, 2.75) is 44.4 Å². The highest BCUT2D eigenvalue weighted by Gasteiger charge is 2.38. The molecule has 2 unspecified atom stereocenters. The van der Waals surface area contributed by atoms with Crippen molar-refractivity contribution in [2.24, 2.45) is 5.92 Å². The van der Waals surface area contributed by atoms with Gasteiger partial charge in [0.1, 0.15) is 11.5 Å². The average molecular weight is 387 g/mol. The van der Waals surface area contributed by atoms with Gasteiger partial charge in [0, 0.05) is 22.8 Å². The Bertz CT molecular complexity index is 905. The monoisotopic (exact) mass is 386 g/mol. The lowest BCUT2D eigenvalue weighted by molar-refractivity contribution is 0.380. The van der Waals surface area contributed by atoms with Crippen LogP contribution in [0.3, 0.4) is 0 Å². The van der Waals surface area contributed by atoms with Crippen molar-refractivity contribution in [1.29, 1.82) is 0 Å². The fraction of sp³-hybridized carbons (Fsp3) is 0.381. The molecule has 0 bridgehead atoms. The predicted molar refractivity (Wildman–Crippen MR) is 107 cm³/mol. The van der Waals surface area contributed by atoms with Crippen molar-refractivity contribution in [2.75, 3.05) is 0 Å². The zero-order chi connectivity index (χ0) is 18.1. The molecule has 26 heavy (non-hydrogen) atoms. The van der Waals surface area contributed by atoms with Crippen molar-refractivity contribution in [1.82, 2.24) is 0 Å². The van der Waals surface area contributed by atoms with Crippen LogP contribution in [0.1, 0.15) is 59.8 Å². The lowest BCUT2D eigenvalue weighted by atomic mass is 9.91. The van der Waals surface area contributed by atoms with E-state index in [9.17, 15) is 9.90 Å². The Hall–Kier alpha value is -1.85. The molecule has 0 radical (unpaired) electrons. The maximum absolute atomic E-state index is 12.8. The maximum Gasteiger partial charge on any atom is 0.343 e. The minimum absolute atomic E-state index is 0.0442. The summed E-state index contributed by atoms with van der Waals surface area (Å²) in [6.45, 7) is 2.08. The molecule has 3 heterocycles. The fourth-order valence-electron chi connectivity index (χ4n) is 3.64. The Morgan fingerprint density at radius 2 is 2.15 bits per heavy atom. The number of thiophene rings is 2. The smallest absolute Gasteiger partial charge is 0.343 e. The van der Waals surface area contributed by atoms with E-state index in [1.807, 2.05) is 17.5 Å². The van der Waals surface area contributed by atoms with E-state index < -0.39 is 0 Å². The Balaban J connectivity index is 1.69. The fourth-order valence-corrected chi connectivity index (χ4v) is 5.25.